The number of carbonyl (C=O) groups is 1. The fraction of sp³-hybridized carbons (Fsp3) is 0.733. The van der Waals surface area contributed by atoms with Crippen molar-refractivity contribution in [2.24, 2.45) is 0 Å². The van der Waals surface area contributed by atoms with E-state index in [0.29, 0.717) is 0 Å². The van der Waals surface area contributed by atoms with E-state index in [2.05, 4.69) is 17.3 Å². The third-order valence-corrected chi connectivity index (χ3v) is 3.49. The van der Waals surface area contributed by atoms with Gasteiger partial charge in [-0.3, -0.25) is 9.48 Å². The van der Waals surface area contributed by atoms with Gasteiger partial charge in [0.15, 0.2) is 0 Å². The SMILES string of the molecule is CCCNC(C)(CCCCn1ccc(C)n1)C(=O)OC. The molecule has 0 amide bonds. The summed E-state index contributed by atoms with van der Waals surface area (Å²) < 4.78 is 6.86. The Labute approximate surface area is 121 Å². The van der Waals surface area contributed by atoms with Gasteiger partial charge in [-0.25, -0.2) is 0 Å². The summed E-state index contributed by atoms with van der Waals surface area (Å²) in [4.78, 5) is 11.9. The lowest BCUT2D eigenvalue weighted by molar-refractivity contribution is -0.148. The number of hydrogen-bond donors (Lipinski definition) is 1. The van der Waals surface area contributed by atoms with Gasteiger partial charge in [0, 0.05) is 12.7 Å². The van der Waals surface area contributed by atoms with Crippen molar-refractivity contribution in [3.63, 3.8) is 0 Å². The first kappa shape index (κ1) is 16.7. The number of ether oxygens (including phenoxy) is 1. The lowest BCUT2D eigenvalue weighted by atomic mass is 9.94. The minimum absolute atomic E-state index is 0.180. The van der Waals surface area contributed by atoms with E-state index in [4.69, 9.17) is 4.74 Å². The van der Waals surface area contributed by atoms with E-state index in [-0.39, 0.29) is 5.97 Å². The van der Waals surface area contributed by atoms with Gasteiger partial charge in [0.2, 0.25) is 0 Å². The zero-order valence-electron chi connectivity index (χ0n) is 13.1. The third kappa shape index (κ3) is 4.96. The van der Waals surface area contributed by atoms with Gasteiger partial charge in [0.25, 0.3) is 0 Å². The second-order valence-electron chi connectivity index (χ2n) is 5.43. The van der Waals surface area contributed by atoms with Crippen molar-refractivity contribution in [3.05, 3.63) is 18.0 Å². The van der Waals surface area contributed by atoms with Gasteiger partial charge >= 0.3 is 5.97 Å². The molecule has 5 heteroatoms. The molecule has 0 aliphatic rings. The Morgan fingerprint density at radius 3 is 2.80 bits per heavy atom. The minimum atomic E-state index is -0.579. The molecule has 0 aliphatic carbocycles. The quantitative estimate of drug-likeness (QED) is 0.557. The van der Waals surface area contributed by atoms with Crippen LogP contribution in [0.15, 0.2) is 12.3 Å². The molecular formula is C15H27N3O2. The van der Waals surface area contributed by atoms with Gasteiger partial charge in [-0.2, -0.15) is 5.10 Å². The number of rotatable bonds is 9. The number of carbonyl (C=O) groups excluding carboxylic acids is 1. The number of nitrogens with one attached hydrogen (secondary N) is 1. The Bertz CT molecular complexity index is 417. The maximum atomic E-state index is 11.9. The molecule has 1 unspecified atom stereocenters. The molecule has 0 spiro atoms. The Hall–Kier alpha value is -1.36. The summed E-state index contributed by atoms with van der Waals surface area (Å²) in [5, 5.41) is 7.66. The van der Waals surface area contributed by atoms with E-state index in [0.717, 1.165) is 44.5 Å². The Morgan fingerprint density at radius 2 is 2.25 bits per heavy atom. The van der Waals surface area contributed by atoms with Crippen molar-refractivity contribution in [2.75, 3.05) is 13.7 Å². The fourth-order valence-electron chi connectivity index (χ4n) is 2.23. The van der Waals surface area contributed by atoms with Crippen LogP contribution in [0, 0.1) is 6.92 Å². The first-order valence-electron chi connectivity index (χ1n) is 7.35. The topological polar surface area (TPSA) is 56.2 Å². The van der Waals surface area contributed by atoms with Crippen molar-refractivity contribution in [1.82, 2.24) is 15.1 Å². The second-order valence-corrected chi connectivity index (χ2v) is 5.43. The molecule has 1 aromatic heterocycles. The van der Waals surface area contributed by atoms with Gasteiger partial charge in [-0.1, -0.05) is 6.92 Å². The van der Waals surface area contributed by atoms with Crippen molar-refractivity contribution < 1.29 is 9.53 Å². The standard InChI is InChI=1S/C15H27N3O2/c1-5-10-16-15(3,14(19)20-4)9-6-7-11-18-12-8-13(2)17-18/h8,12,16H,5-7,9-11H2,1-4H3. The van der Waals surface area contributed by atoms with Gasteiger partial charge in [0.05, 0.1) is 12.8 Å². The van der Waals surface area contributed by atoms with Crippen LogP contribution >= 0.6 is 0 Å². The van der Waals surface area contributed by atoms with Crippen molar-refractivity contribution in [3.8, 4) is 0 Å². The molecule has 0 saturated carbocycles. The lowest BCUT2D eigenvalue weighted by Crippen LogP contribution is -2.50. The Balaban J connectivity index is 2.39. The number of aromatic nitrogens is 2. The van der Waals surface area contributed by atoms with Crippen LogP contribution in [0.25, 0.3) is 0 Å². The summed E-state index contributed by atoms with van der Waals surface area (Å²) in [6, 6.07) is 2.00. The highest BCUT2D eigenvalue weighted by atomic mass is 16.5. The summed E-state index contributed by atoms with van der Waals surface area (Å²) in [7, 11) is 1.45. The van der Waals surface area contributed by atoms with Crippen LogP contribution in [0.5, 0.6) is 0 Å². The molecule has 0 bridgehead atoms. The van der Waals surface area contributed by atoms with Crippen LogP contribution in [0.3, 0.4) is 0 Å². The number of unbranched alkanes of at least 4 members (excludes halogenated alkanes) is 1. The second kappa shape index (κ2) is 8.04. The van der Waals surface area contributed by atoms with Gasteiger partial charge in [-0.05, 0) is 52.1 Å². The van der Waals surface area contributed by atoms with Gasteiger partial charge in [0.1, 0.15) is 5.54 Å². The molecule has 1 heterocycles. The summed E-state index contributed by atoms with van der Waals surface area (Å²) in [6.07, 6.45) is 5.73. The molecule has 1 atom stereocenters. The predicted octanol–water partition coefficient (Wildman–Crippen LogP) is 2.29. The average molecular weight is 281 g/mol. The molecule has 0 saturated heterocycles. The van der Waals surface area contributed by atoms with Crippen LogP contribution in [0.2, 0.25) is 0 Å². The molecule has 1 rings (SSSR count). The molecular weight excluding hydrogens is 254 g/mol. The van der Waals surface area contributed by atoms with E-state index in [1.165, 1.54) is 7.11 Å². The smallest absolute Gasteiger partial charge is 0.325 e. The van der Waals surface area contributed by atoms with Crippen molar-refractivity contribution in [2.45, 2.75) is 58.5 Å². The van der Waals surface area contributed by atoms with Crippen LogP contribution in [-0.2, 0) is 16.1 Å². The molecule has 1 aromatic rings. The largest absolute Gasteiger partial charge is 0.468 e. The number of aryl methyl sites for hydroxylation is 2. The van der Waals surface area contributed by atoms with Crippen molar-refractivity contribution >= 4 is 5.97 Å². The molecule has 1 N–H and O–H groups in total. The Morgan fingerprint density at radius 1 is 1.50 bits per heavy atom. The van der Waals surface area contributed by atoms with E-state index in [1.807, 2.05) is 30.8 Å². The summed E-state index contributed by atoms with van der Waals surface area (Å²) in [5.74, 6) is -0.180. The van der Waals surface area contributed by atoms with E-state index >= 15 is 0 Å². The monoisotopic (exact) mass is 281 g/mol. The fourth-order valence-corrected chi connectivity index (χ4v) is 2.23. The first-order valence-corrected chi connectivity index (χ1v) is 7.35. The molecule has 0 radical (unpaired) electrons. The summed E-state index contributed by atoms with van der Waals surface area (Å²) in [5.41, 5.74) is 0.458. The van der Waals surface area contributed by atoms with Crippen LogP contribution < -0.4 is 5.32 Å². The van der Waals surface area contributed by atoms with Crippen LogP contribution in [0.4, 0.5) is 0 Å². The zero-order valence-corrected chi connectivity index (χ0v) is 13.1. The minimum Gasteiger partial charge on any atom is -0.468 e. The molecule has 0 aliphatic heterocycles. The summed E-state index contributed by atoms with van der Waals surface area (Å²) in [6.45, 7) is 7.71. The van der Waals surface area contributed by atoms with E-state index in [9.17, 15) is 4.79 Å². The maximum absolute atomic E-state index is 11.9. The number of methoxy groups -OCH3 is 1. The predicted molar refractivity (Wildman–Crippen MR) is 79.5 cm³/mol. The number of nitrogens with zero attached hydrogens (tertiary/aromatic N) is 2. The van der Waals surface area contributed by atoms with Crippen LogP contribution in [-0.4, -0.2) is 34.9 Å². The Kier molecular flexibility index (Phi) is 6.71. The van der Waals surface area contributed by atoms with E-state index < -0.39 is 5.54 Å². The third-order valence-electron chi connectivity index (χ3n) is 3.49. The average Bonchev–Trinajstić information content (AvgIpc) is 2.86. The molecule has 20 heavy (non-hydrogen) atoms. The summed E-state index contributed by atoms with van der Waals surface area (Å²) >= 11 is 0. The molecule has 5 nitrogen and oxygen atoms in total. The van der Waals surface area contributed by atoms with Crippen LogP contribution in [0.1, 0.15) is 45.2 Å². The van der Waals surface area contributed by atoms with Gasteiger partial charge in [-0.15, -0.1) is 0 Å². The number of hydrogen-bond acceptors (Lipinski definition) is 4. The molecule has 0 fully saturated rings. The highest BCUT2D eigenvalue weighted by Gasteiger charge is 2.32. The first-order chi connectivity index (χ1) is 9.51. The van der Waals surface area contributed by atoms with Gasteiger partial charge < -0.3 is 10.1 Å². The van der Waals surface area contributed by atoms with E-state index in [1.54, 1.807) is 0 Å². The highest BCUT2D eigenvalue weighted by Crippen LogP contribution is 2.16. The number of esters is 1. The molecule has 114 valence electrons. The highest BCUT2D eigenvalue weighted by molar-refractivity contribution is 5.80. The lowest BCUT2D eigenvalue weighted by Gasteiger charge is -2.28. The molecule has 0 aromatic carbocycles. The normalized spacial score (nSPS) is 14.0. The maximum Gasteiger partial charge on any atom is 0.325 e. The zero-order chi connectivity index (χ0) is 15.0. The van der Waals surface area contributed by atoms with Crippen molar-refractivity contribution in [1.29, 1.82) is 0 Å².